The molecular weight excluding hydrogens is 360 g/mol. The molecule has 0 spiro atoms. The molecule has 144 valence electrons. The number of benzene rings is 1. The predicted octanol–water partition coefficient (Wildman–Crippen LogP) is 4.65. The van der Waals surface area contributed by atoms with Gasteiger partial charge in [0.2, 0.25) is 5.91 Å². The highest BCUT2D eigenvalue weighted by Crippen LogP contribution is 2.39. The van der Waals surface area contributed by atoms with Gasteiger partial charge in [0.1, 0.15) is 5.82 Å². The number of halogens is 1. The van der Waals surface area contributed by atoms with Crippen molar-refractivity contribution in [2.24, 2.45) is 0 Å². The number of hydrogen-bond acceptors (Lipinski definition) is 3. The first-order valence-corrected chi connectivity index (χ1v) is 10.4. The molecule has 1 aromatic heterocycles. The highest BCUT2D eigenvalue weighted by molar-refractivity contribution is 6.30. The van der Waals surface area contributed by atoms with Crippen molar-refractivity contribution >= 4 is 23.3 Å². The summed E-state index contributed by atoms with van der Waals surface area (Å²) in [6, 6.07) is 10.3. The quantitative estimate of drug-likeness (QED) is 0.759. The lowest BCUT2D eigenvalue weighted by atomic mass is 9.88. The summed E-state index contributed by atoms with van der Waals surface area (Å²) in [5.41, 5.74) is 1.08. The van der Waals surface area contributed by atoms with Crippen molar-refractivity contribution in [1.29, 1.82) is 0 Å². The molecule has 2 N–H and O–H groups in total. The minimum absolute atomic E-state index is 0.0185. The number of carbonyl (C=O) groups is 1. The van der Waals surface area contributed by atoms with Crippen LogP contribution in [0.25, 0.3) is 0 Å². The zero-order valence-corrected chi connectivity index (χ0v) is 16.3. The number of nitrogens with one attached hydrogen (secondary N) is 2. The average Bonchev–Trinajstić information content (AvgIpc) is 3.42. The molecule has 1 heterocycles. The fourth-order valence-corrected chi connectivity index (χ4v) is 4.73. The van der Waals surface area contributed by atoms with Gasteiger partial charge in [-0.1, -0.05) is 49.4 Å². The van der Waals surface area contributed by atoms with Crippen molar-refractivity contribution in [1.82, 2.24) is 15.1 Å². The molecule has 0 aliphatic heterocycles. The van der Waals surface area contributed by atoms with Crippen molar-refractivity contribution in [3.8, 4) is 0 Å². The van der Waals surface area contributed by atoms with E-state index < -0.39 is 0 Å². The van der Waals surface area contributed by atoms with E-state index in [1.165, 1.54) is 31.2 Å². The van der Waals surface area contributed by atoms with Crippen LogP contribution in [0.15, 0.2) is 36.5 Å². The Morgan fingerprint density at radius 3 is 2.52 bits per heavy atom. The third-order valence-corrected chi connectivity index (χ3v) is 6.30. The molecule has 2 aliphatic carbocycles. The molecule has 0 bridgehead atoms. The van der Waals surface area contributed by atoms with E-state index in [4.69, 9.17) is 11.6 Å². The summed E-state index contributed by atoms with van der Waals surface area (Å²) >= 11 is 6.05. The first-order valence-electron chi connectivity index (χ1n) is 10.0. The highest BCUT2D eigenvalue weighted by atomic mass is 35.5. The van der Waals surface area contributed by atoms with E-state index in [1.807, 2.05) is 22.9 Å². The van der Waals surface area contributed by atoms with Crippen molar-refractivity contribution in [3.05, 3.63) is 47.1 Å². The Morgan fingerprint density at radius 2 is 1.81 bits per heavy atom. The number of anilines is 1. The van der Waals surface area contributed by atoms with Crippen LogP contribution in [-0.2, 0) is 10.3 Å². The van der Waals surface area contributed by atoms with Gasteiger partial charge in [0.15, 0.2) is 0 Å². The second-order valence-corrected chi connectivity index (χ2v) is 8.23. The van der Waals surface area contributed by atoms with Gasteiger partial charge < -0.3 is 5.32 Å². The van der Waals surface area contributed by atoms with Gasteiger partial charge in [-0.05, 0) is 43.4 Å². The van der Waals surface area contributed by atoms with Crippen molar-refractivity contribution in [2.75, 3.05) is 11.9 Å². The standard InChI is InChI=1S/C21H27ClN4O/c22-17-9-7-16(8-10-17)21(12-3-4-13-21)23-15-20(27)25-19-11-14-24-26(19)18-5-1-2-6-18/h7-11,14,18,23H,1-6,12-13,15H2,(H,25,27). The van der Waals surface area contributed by atoms with Crippen LogP contribution in [0, 0.1) is 0 Å². The van der Waals surface area contributed by atoms with Gasteiger partial charge in [-0.3, -0.25) is 10.1 Å². The largest absolute Gasteiger partial charge is 0.310 e. The molecule has 2 aromatic rings. The maximum atomic E-state index is 12.6. The summed E-state index contributed by atoms with van der Waals surface area (Å²) in [5, 5.41) is 11.8. The molecule has 1 amide bonds. The maximum Gasteiger partial charge on any atom is 0.239 e. The normalized spacial score (nSPS) is 19.4. The minimum atomic E-state index is -0.131. The zero-order valence-electron chi connectivity index (χ0n) is 15.6. The minimum Gasteiger partial charge on any atom is -0.310 e. The second-order valence-electron chi connectivity index (χ2n) is 7.80. The number of rotatable bonds is 6. The number of nitrogens with zero attached hydrogens (tertiary/aromatic N) is 2. The fraction of sp³-hybridized carbons (Fsp3) is 0.524. The number of amides is 1. The monoisotopic (exact) mass is 386 g/mol. The third-order valence-electron chi connectivity index (χ3n) is 6.05. The van der Waals surface area contributed by atoms with Gasteiger partial charge >= 0.3 is 0 Å². The van der Waals surface area contributed by atoms with Crippen molar-refractivity contribution in [3.63, 3.8) is 0 Å². The van der Waals surface area contributed by atoms with E-state index in [1.54, 1.807) is 6.20 Å². The Labute approximate surface area is 165 Å². The smallest absolute Gasteiger partial charge is 0.239 e. The Hall–Kier alpha value is -1.85. The van der Waals surface area contributed by atoms with E-state index in [2.05, 4.69) is 27.9 Å². The molecule has 4 rings (SSSR count). The lowest BCUT2D eigenvalue weighted by Crippen LogP contribution is -2.44. The Morgan fingerprint density at radius 1 is 1.11 bits per heavy atom. The first kappa shape index (κ1) is 18.5. The van der Waals surface area contributed by atoms with Gasteiger partial charge in [-0.2, -0.15) is 5.10 Å². The molecule has 1 aromatic carbocycles. The number of aromatic nitrogens is 2. The molecule has 6 heteroatoms. The van der Waals surface area contributed by atoms with Crippen LogP contribution < -0.4 is 10.6 Å². The molecule has 0 unspecified atom stereocenters. The summed E-state index contributed by atoms with van der Waals surface area (Å²) in [6.45, 7) is 0.290. The van der Waals surface area contributed by atoms with E-state index in [0.717, 1.165) is 36.5 Å². The van der Waals surface area contributed by atoms with Gasteiger partial charge in [-0.25, -0.2) is 4.68 Å². The molecule has 0 saturated heterocycles. The van der Waals surface area contributed by atoms with Crippen LogP contribution in [0.5, 0.6) is 0 Å². The second kappa shape index (κ2) is 8.03. The van der Waals surface area contributed by atoms with Crippen LogP contribution in [0.4, 0.5) is 5.82 Å². The SMILES string of the molecule is O=C(CNC1(c2ccc(Cl)cc2)CCCC1)Nc1ccnn1C1CCCC1. The maximum absolute atomic E-state index is 12.6. The molecule has 2 saturated carbocycles. The molecular formula is C21H27ClN4O. The van der Waals surface area contributed by atoms with Gasteiger partial charge in [0.25, 0.3) is 0 Å². The fourth-order valence-electron chi connectivity index (χ4n) is 4.60. The third kappa shape index (κ3) is 4.04. The van der Waals surface area contributed by atoms with E-state index in [9.17, 15) is 4.79 Å². The number of carbonyl (C=O) groups excluding carboxylic acids is 1. The van der Waals surface area contributed by atoms with Crippen LogP contribution in [0.2, 0.25) is 5.02 Å². The first-order chi connectivity index (χ1) is 13.2. The van der Waals surface area contributed by atoms with E-state index >= 15 is 0 Å². The Bertz CT molecular complexity index is 774. The van der Waals surface area contributed by atoms with Gasteiger partial charge in [0.05, 0.1) is 18.8 Å². The molecule has 0 atom stereocenters. The zero-order chi connectivity index (χ0) is 18.7. The molecule has 5 nitrogen and oxygen atoms in total. The van der Waals surface area contributed by atoms with Gasteiger partial charge in [-0.15, -0.1) is 0 Å². The predicted molar refractivity (Wildman–Crippen MR) is 108 cm³/mol. The van der Waals surface area contributed by atoms with Crippen LogP contribution in [-0.4, -0.2) is 22.2 Å². The molecule has 2 aliphatic rings. The average molecular weight is 387 g/mol. The molecule has 0 radical (unpaired) electrons. The van der Waals surface area contributed by atoms with Crippen molar-refractivity contribution in [2.45, 2.75) is 62.9 Å². The lowest BCUT2D eigenvalue weighted by Gasteiger charge is -2.31. The summed E-state index contributed by atoms with van der Waals surface area (Å²) < 4.78 is 1.98. The number of hydrogen-bond donors (Lipinski definition) is 2. The molecule has 27 heavy (non-hydrogen) atoms. The van der Waals surface area contributed by atoms with E-state index in [-0.39, 0.29) is 11.4 Å². The highest BCUT2D eigenvalue weighted by Gasteiger charge is 2.35. The Kier molecular flexibility index (Phi) is 5.50. The lowest BCUT2D eigenvalue weighted by molar-refractivity contribution is -0.115. The van der Waals surface area contributed by atoms with Gasteiger partial charge in [0, 0.05) is 16.6 Å². The summed E-state index contributed by atoms with van der Waals surface area (Å²) in [7, 11) is 0. The van der Waals surface area contributed by atoms with Crippen LogP contribution >= 0.6 is 11.6 Å². The van der Waals surface area contributed by atoms with Crippen LogP contribution in [0.3, 0.4) is 0 Å². The Balaban J connectivity index is 1.41. The summed E-state index contributed by atoms with van der Waals surface area (Å²) in [6.07, 6.45) is 11.0. The van der Waals surface area contributed by atoms with Crippen molar-refractivity contribution < 1.29 is 4.79 Å². The van der Waals surface area contributed by atoms with Crippen LogP contribution in [0.1, 0.15) is 63.0 Å². The summed E-state index contributed by atoms with van der Waals surface area (Å²) in [4.78, 5) is 12.6. The molecule has 2 fully saturated rings. The topological polar surface area (TPSA) is 59.0 Å². The summed E-state index contributed by atoms with van der Waals surface area (Å²) in [5.74, 6) is 0.788. The van der Waals surface area contributed by atoms with E-state index in [0.29, 0.717) is 12.6 Å².